The third-order valence-corrected chi connectivity index (χ3v) is 5.31. The van der Waals surface area contributed by atoms with Gasteiger partial charge in [-0.15, -0.1) is 11.3 Å². The molecule has 0 aliphatic heterocycles. The second-order valence-corrected chi connectivity index (χ2v) is 6.46. The van der Waals surface area contributed by atoms with Crippen molar-refractivity contribution < 1.29 is 4.79 Å². The number of aryl methyl sites for hydroxylation is 1. The van der Waals surface area contributed by atoms with Gasteiger partial charge in [0.2, 0.25) is 0 Å². The molecule has 0 saturated heterocycles. The van der Waals surface area contributed by atoms with Gasteiger partial charge >= 0.3 is 0 Å². The average molecular weight is 374 g/mol. The highest BCUT2D eigenvalue weighted by molar-refractivity contribution is 9.10. The third kappa shape index (κ3) is 3.06. The fraction of sp³-hybridized carbons (Fsp3) is 0.154. The number of carbonyl (C=O) groups is 1. The fourth-order valence-electron chi connectivity index (χ4n) is 1.52. The molecule has 0 fully saturated rings. The zero-order valence-electron chi connectivity index (χ0n) is 9.17. The summed E-state index contributed by atoms with van der Waals surface area (Å²) in [7, 11) is 0. The molecule has 0 radical (unpaired) electrons. The molecule has 0 atom stereocenters. The van der Waals surface area contributed by atoms with Crippen LogP contribution < -0.4 is 0 Å². The highest BCUT2D eigenvalue weighted by atomic mass is 79.9. The normalized spacial score (nSPS) is 10.5. The van der Waals surface area contributed by atoms with E-state index in [4.69, 9.17) is 0 Å². The third-order valence-electron chi connectivity index (χ3n) is 2.49. The van der Waals surface area contributed by atoms with Crippen LogP contribution in [-0.4, -0.2) is 5.78 Å². The largest absolute Gasteiger partial charge is 0.294 e. The van der Waals surface area contributed by atoms with Crippen molar-refractivity contribution in [3.8, 4) is 0 Å². The quantitative estimate of drug-likeness (QED) is 0.691. The van der Waals surface area contributed by atoms with E-state index in [1.165, 1.54) is 0 Å². The molecule has 0 N–H and O–H groups in total. The van der Waals surface area contributed by atoms with Crippen molar-refractivity contribution in [2.24, 2.45) is 0 Å². The lowest BCUT2D eigenvalue weighted by Crippen LogP contribution is -2.03. The second kappa shape index (κ2) is 5.46. The van der Waals surface area contributed by atoms with E-state index in [1.54, 1.807) is 11.3 Å². The summed E-state index contributed by atoms with van der Waals surface area (Å²) in [5.74, 6) is 0.156. The van der Waals surface area contributed by atoms with Crippen LogP contribution in [0.5, 0.6) is 0 Å². The molecule has 0 aliphatic carbocycles. The average Bonchev–Trinajstić information content (AvgIpc) is 2.68. The molecule has 0 saturated carbocycles. The van der Waals surface area contributed by atoms with E-state index in [9.17, 15) is 4.79 Å². The smallest absolute Gasteiger partial charge is 0.168 e. The Balaban J connectivity index is 2.20. The van der Waals surface area contributed by atoms with Gasteiger partial charge in [-0.3, -0.25) is 4.79 Å². The van der Waals surface area contributed by atoms with Crippen LogP contribution in [0.3, 0.4) is 0 Å². The molecule has 1 aromatic heterocycles. The lowest BCUT2D eigenvalue weighted by Gasteiger charge is -2.03. The molecule has 0 aliphatic rings. The molecule has 0 spiro atoms. The molecule has 1 nitrogen and oxygen atoms in total. The first-order valence-corrected chi connectivity index (χ1v) is 7.55. The van der Waals surface area contributed by atoms with Gasteiger partial charge in [-0.1, -0.05) is 22.0 Å². The minimum absolute atomic E-state index is 0.156. The van der Waals surface area contributed by atoms with Crippen LogP contribution in [0, 0.1) is 6.92 Å². The maximum Gasteiger partial charge on any atom is 0.168 e. The monoisotopic (exact) mass is 372 g/mol. The molecule has 2 aromatic rings. The van der Waals surface area contributed by atoms with Gasteiger partial charge in [-0.05, 0) is 52.0 Å². The van der Waals surface area contributed by atoms with E-state index in [2.05, 4.69) is 31.9 Å². The van der Waals surface area contributed by atoms with E-state index < -0.39 is 0 Å². The molecule has 4 heteroatoms. The summed E-state index contributed by atoms with van der Waals surface area (Å²) in [5, 5.41) is 1.99. The molecule has 1 heterocycles. The van der Waals surface area contributed by atoms with E-state index in [0.29, 0.717) is 6.42 Å². The zero-order valence-corrected chi connectivity index (χ0v) is 13.2. The minimum Gasteiger partial charge on any atom is -0.294 e. The van der Waals surface area contributed by atoms with Crippen LogP contribution in [-0.2, 0) is 6.42 Å². The van der Waals surface area contributed by atoms with Crippen molar-refractivity contribution in [2.45, 2.75) is 13.3 Å². The summed E-state index contributed by atoms with van der Waals surface area (Å²) in [4.78, 5) is 13.2. The first kappa shape index (κ1) is 13.0. The summed E-state index contributed by atoms with van der Waals surface area (Å²) in [6.45, 7) is 1.99. The standard InChI is InChI=1S/C13H10Br2OS/c1-8-6-9(2-3-10(8)14)12(16)7-13-11(15)4-5-17-13/h2-6H,7H2,1H3. The van der Waals surface area contributed by atoms with Gasteiger partial charge in [-0.2, -0.15) is 0 Å². The Kier molecular flexibility index (Phi) is 4.17. The Bertz CT molecular complexity index is 560. The van der Waals surface area contributed by atoms with E-state index in [1.807, 2.05) is 36.6 Å². The number of hydrogen-bond donors (Lipinski definition) is 0. The summed E-state index contributed by atoms with van der Waals surface area (Å²) < 4.78 is 2.05. The van der Waals surface area contributed by atoms with Crippen LogP contribution in [0.4, 0.5) is 0 Å². The Morgan fingerprint density at radius 3 is 2.59 bits per heavy atom. The molecule has 88 valence electrons. The maximum absolute atomic E-state index is 12.1. The minimum atomic E-state index is 0.156. The van der Waals surface area contributed by atoms with Crippen molar-refractivity contribution >= 4 is 49.0 Å². The van der Waals surface area contributed by atoms with E-state index >= 15 is 0 Å². The van der Waals surface area contributed by atoms with Gasteiger partial charge in [0.1, 0.15) is 0 Å². The molecular formula is C13H10Br2OS. The number of ketones is 1. The van der Waals surface area contributed by atoms with Crippen molar-refractivity contribution in [1.82, 2.24) is 0 Å². The number of benzene rings is 1. The molecule has 17 heavy (non-hydrogen) atoms. The highest BCUT2D eigenvalue weighted by Crippen LogP contribution is 2.25. The molecule has 2 rings (SSSR count). The Morgan fingerprint density at radius 2 is 2.00 bits per heavy atom. The predicted octanol–water partition coefficient (Wildman–Crippen LogP) is 5.01. The van der Waals surface area contributed by atoms with Crippen molar-refractivity contribution in [3.05, 3.63) is 54.6 Å². The lowest BCUT2D eigenvalue weighted by atomic mass is 10.1. The van der Waals surface area contributed by atoms with Gasteiger partial charge in [0, 0.05) is 25.8 Å². The highest BCUT2D eigenvalue weighted by Gasteiger charge is 2.11. The number of halogens is 2. The molecule has 1 aromatic carbocycles. The van der Waals surface area contributed by atoms with E-state index in [0.717, 1.165) is 24.9 Å². The lowest BCUT2D eigenvalue weighted by molar-refractivity contribution is 0.0993. The van der Waals surface area contributed by atoms with Gasteiger partial charge in [0.05, 0.1) is 0 Å². The van der Waals surface area contributed by atoms with Crippen molar-refractivity contribution in [1.29, 1.82) is 0 Å². The molecular weight excluding hydrogens is 364 g/mol. The van der Waals surface area contributed by atoms with Gasteiger partial charge in [0.25, 0.3) is 0 Å². The predicted molar refractivity (Wildman–Crippen MR) is 78.9 cm³/mol. The SMILES string of the molecule is Cc1cc(C(=O)Cc2sccc2Br)ccc1Br. The van der Waals surface area contributed by atoms with Crippen molar-refractivity contribution in [3.63, 3.8) is 0 Å². The van der Waals surface area contributed by atoms with Crippen LogP contribution >= 0.6 is 43.2 Å². The summed E-state index contributed by atoms with van der Waals surface area (Å²) in [6.07, 6.45) is 0.458. The number of rotatable bonds is 3. The van der Waals surface area contributed by atoms with E-state index in [-0.39, 0.29) is 5.78 Å². The van der Waals surface area contributed by atoms with Gasteiger partial charge in [-0.25, -0.2) is 0 Å². The Morgan fingerprint density at radius 1 is 1.24 bits per heavy atom. The van der Waals surface area contributed by atoms with Crippen LogP contribution in [0.15, 0.2) is 38.6 Å². The second-order valence-electron chi connectivity index (χ2n) is 3.76. The van der Waals surface area contributed by atoms with Gasteiger partial charge < -0.3 is 0 Å². The van der Waals surface area contributed by atoms with Crippen LogP contribution in [0.1, 0.15) is 20.8 Å². The van der Waals surface area contributed by atoms with Crippen LogP contribution in [0.25, 0.3) is 0 Å². The summed E-state index contributed by atoms with van der Waals surface area (Å²) in [6, 6.07) is 7.68. The number of thiophene rings is 1. The molecule has 0 unspecified atom stereocenters. The number of carbonyl (C=O) groups excluding carboxylic acids is 1. The summed E-state index contributed by atoms with van der Waals surface area (Å²) >= 11 is 8.48. The zero-order chi connectivity index (χ0) is 12.4. The fourth-order valence-corrected chi connectivity index (χ4v) is 3.26. The molecule has 0 bridgehead atoms. The van der Waals surface area contributed by atoms with Crippen LogP contribution in [0.2, 0.25) is 0 Å². The number of Topliss-reactive ketones (excluding diaryl/α,β-unsaturated/α-hetero) is 1. The first-order chi connectivity index (χ1) is 8.08. The van der Waals surface area contributed by atoms with Crippen molar-refractivity contribution in [2.75, 3.05) is 0 Å². The Labute approximate surface area is 121 Å². The van der Waals surface area contributed by atoms with Gasteiger partial charge in [0.15, 0.2) is 5.78 Å². The number of hydrogen-bond acceptors (Lipinski definition) is 2. The topological polar surface area (TPSA) is 17.1 Å². The maximum atomic E-state index is 12.1. The Hall–Kier alpha value is -0.450. The molecule has 0 amide bonds. The first-order valence-electron chi connectivity index (χ1n) is 5.09. The summed E-state index contributed by atoms with van der Waals surface area (Å²) in [5.41, 5.74) is 1.85.